The molecule has 0 amide bonds. The Morgan fingerprint density at radius 2 is 1.03 bits per heavy atom. The number of unbranched alkanes of at least 4 members (excludes halogenated alkanes) is 21. The summed E-state index contributed by atoms with van der Waals surface area (Å²) in [5, 5.41) is 0. The number of hydrogen-bond acceptors (Lipinski definition) is 9. The van der Waals surface area contributed by atoms with Gasteiger partial charge in [-0.2, -0.15) is 0 Å². The maximum atomic E-state index is 12.6. The summed E-state index contributed by atoms with van der Waals surface area (Å²) in [6.07, 6.45) is 50.3. The SMILES string of the molecule is CCCCC/C=C\C/C=C\CC1OC1C/C=C\CCCC(=O)OC[C@H](COP(=O)(O)OCCN)OC(=O)CCCCCCCCCCCCC/C=C\CCCCCCCC. The highest BCUT2D eigenvalue weighted by atomic mass is 31.2. The molecule has 4 atom stereocenters. The number of nitrogens with two attached hydrogens (primary N) is 1. The third-order valence-electron chi connectivity index (χ3n) is 10.6. The van der Waals surface area contributed by atoms with Gasteiger partial charge in [-0.05, 0) is 77.0 Å². The van der Waals surface area contributed by atoms with Crippen LogP contribution in [0, 0.1) is 0 Å². The second kappa shape index (κ2) is 41.0. The molecule has 1 saturated heterocycles. The van der Waals surface area contributed by atoms with Crippen molar-refractivity contribution in [2.45, 2.75) is 225 Å². The number of esters is 2. The molecular formula is C49H88NO9P. The molecule has 348 valence electrons. The predicted octanol–water partition coefficient (Wildman–Crippen LogP) is 13.3. The minimum atomic E-state index is -4.40. The number of phosphoric ester groups is 1. The van der Waals surface area contributed by atoms with Gasteiger partial charge in [0.25, 0.3) is 0 Å². The van der Waals surface area contributed by atoms with E-state index in [4.69, 9.17) is 29.0 Å². The Hall–Kier alpha value is -2.07. The van der Waals surface area contributed by atoms with E-state index in [1.54, 1.807) is 0 Å². The molecule has 0 aromatic carbocycles. The highest BCUT2D eigenvalue weighted by molar-refractivity contribution is 7.47. The lowest BCUT2D eigenvalue weighted by atomic mass is 10.0. The van der Waals surface area contributed by atoms with Crippen molar-refractivity contribution < 1.29 is 42.3 Å². The van der Waals surface area contributed by atoms with Crippen LogP contribution in [-0.2, 0) is 37.4 Å². The van der Waals surface area contributed by atoms with Gasteiger partial charge in [0.15, 0.2) is 6.10 Å². The largest absolute Gasteiger partial charge is 0.472 e. The summed E-state index contributed by atoms with van der Waals surface area (Å²) in [6, 6.07) is 0. The Labute approximate surface area is 366 Å². The van der Waals surface area contributed by atoms with Crippen molar-refractivity contribution in [3.05, 3.63) is 48.6 Å². The van der Waals surface area contributed by atoms with Gasteiger partial charge in [-0.1, -0.05) is 165 Å². The molecule has 3 N–H and O–H groups in total. The van der Waals surface area contributed by atoms with Gasteiger partial charge in [-0.15, -0.1) is 0 Å². The van der Waals surface area contributed by atoms with Crippen molar-refractivity contribution >= 4 is 19.8 Å². The monoisotopic (exact) mass is 866 g/mol. The molecular weight excluding hydrogens is 778 g/mol. The second-order valence-electron chi connectivity index (χ2n) is 16.4. The van der Waals surface area contributed by atoms with E-state index in [0.717, 1.165) is 51.4 Å². The molecule has 1 rings (SSSR count). The average Bonchev–Trinajstić information content (AvgIpc) is 3.99. The normalized spacial score (nSPS) is 17.0. The predicted molar refractivity (Wildman–Crippen MR) is 247 cm³/mol. The first-order valence-corrected chi connectivity index (χ1v) is 25.7. The Balaban J connectivity index is 2.17. The molecule has 60 heavy (non-hydrogen) atoms. The minimum absolute atomic E-state index is 0.0425. The van der Waals surface area contributed by atoms with Gasteiger partial charge in [-0.25, -0.2) is 4.57 Å². The lowest BCUT2D eigenvalue weighted by Crippen LogP contribution is -2.29. The lowest BCUT2D eigenvalue weighted by Gasteiger charge is -2.19. The summed E-state index contributed by atoms with van der Waals surface area (Å²) in [5.74, 6) is -0.900. The van der Waals surface area contributed by atoms with Gasteiger partial charge in [0.2, 0.25) is 0 Å². The molecule has 0 bridgehead atoms. The zero-order chi connectivity index (χ0) is 43.6. The van der Waals surface area contributed by atoms with E-state index in [1.807, 2.05) is 0 Å². The first kappa shape index (κ1) is 55.9. The van der Waals surface area contributed by atoms with Crippen LogP contribution in [-0.4, -0.2) is 61.5 Å². The number of ether oxygens (including phenoxy) is 3. The number of rotatable bonds is 44. The molecule has 0 aromatic heterocycles. The van der Waals surface area contributed by atoms with Gasteiger partial charge < -0.3 is 24.8 Å². The minimum Gasteiger partial charge on any atom is -0.462 e. The van der Waals surface area contributed by atoms with E-state index < -0.39 is 32.5 Å². The number of epoxide rings is 1. The summed E-state index contributed by atoms with van der Waals surface area (Å²) >= 11 is 0. The van der Waals surface area contributed by atoms with Gasteiger partial charge in [0.1, 0.15) is 6.61 Å². The quantitative estimate of drug-likeness (QED) is 0.0199. The van der Waals surface area contributed by atoms with Crippen LogP contribution in [0.1, 0.15) is 206 Å². The molecule has 0 radical (unpaired) electrons. The highest BCUT2D eigenvalue weighted by Crippen LogP contribution is 2.43. The molecule has 0 saturated carbocycles. The zero-order valence-corrected chi connectivity index (χ0v) is 39.0. The van der Waals surface area contributed by atoms with Crippen LogP contribution < -0.4 is 5.73 Å². The van der Waals surface area contributed by atoms with Crippen molar-refractivity contribution in [3.8, 4) is 0 Å². The number of hydrogen-bond donors (Lipinski definition) is 2. The van der Waals surface area contributed by atoms with E-state index in [0.29, 0.717) is 12.8 Å². The fourth-order valence-electron chi connectivity index (χ4n) is 6.84. The van der Waals surface area contributed by atoms with Crippen LogP contribution in [0.25, 0.3) is 0 Å². The maximum absolute atomic E-state index is 12.6. The number of allylic oxidation sites excluding steroid dienone is 6. The zero-order valence-electron chi connectivity index (χ0n) is 38.1. The molecule has 1 aliphatic heterocycles. The van der Waals surface area contributed by atoms with E-state index in [1.165, 1.54) is 116 Å². The summed E-state index contributed by atoms with van der Waals surface area (Å²) in [6.45, 7) is 3.64. The maximum Gasteiger partial charge on any atom is 0.472 e. The molecule has 11 heteroatoms. The molecule has 1 aliphatic rings. The van der Waals surface area contributed by atoms with Crippen LogP contribution in [0.5, 0.6) is 0 Å². The molecule has 1 fully saturated rings. The van der Waals surface area contributed by atoms with E-state index >= 15 is 0 Å². The third-order valence-corrected chi connectivity index (χ3v) is 11.6. The first-order valence-electron chi connectivity index (χ1n) is 24.2. The van der Waals surface area contributed by atoms with Gasteiger partial charge in [0.05, 0.1) is 25.4 Å². The molecule has 0 spiro atoms. The molecule has 10 nitrogen and oxygen atoms in total. The molecule has 0 aromatic rings. The van der Waals surface area contributed by atoms with Gasteiger partial charge in [0, 0.05) is 19.4 Å². The number of phosphoric acid groups is 1. The number of carbonyl (C=O) groups is 2. The van der Waals surface area contributed by atoms with Crippen LogP contribution in [0.4, 0.5) is 0 Å². The van der Waals surface area contributed by atoms with Crippen LogP contribution in [0.2, 0.25) is 0 Å². The summed E-state index contributed by atoms with van der Waals surface area (Å²) in [4.78, 5) is 35.0. The second-order valence-corrected chi connectivity index (χ2v) is 17.8. The fourth-order valence-corrected chi connectivity index (χ4v) is 7.61. The Bertz CT molecular complexity index is 1190. The third kappa shape index (κ3) is 37.7. The van der Waals surface area contributed by atoms with Crippen molar-refractivity contribution in [2.75, 3.05) is 26.4 Å². The van der Waals surface area contributed by atoms with Gasteiger partial charge in [-0.3, -0.25) is 18.6 Å². The number of carbonyl (C=O) groups excluding carboxylic acids is 2. The Kier molecular flexibility index (Phi) is 38.2. The smallest absolute Gasteiger partial charge is 0.462 e. The Morgan fingerprint density at radius 3 is 1.63 bits per heavy atom. The molecule has 0 aliphatic carbocycles. The Morgan fingerprint density at radius 1 is 0.583 bits per heavy atom. The van der Waals surface area contributed by atoms with E-state index in [-0.39, 0.29) is 44.8 Å². The average molecular weight is 866 g/mol. The summed E-state index contributed by atoms with van der Waals surface area (Å²) < 4.78 is 38.6. The molecule has 1 heterocycles. The van der Waals surface area contributed by atoms with Crippen LogP contribution >= 0.6 is 7.82 Å². The standard InChI is InChI=1S/C49H88NO9P/c1-3-5-7-9-11-13-14-15-16-17-18-19-20-21-22-23-24-26-28-30-36-40-49(52)58-45(44-57-60(53,54)56-42-41-50)43-55-48(51)39-35-32-31-34-38-47-46(59-47)37-33-29-27-25-12-10-8-6-4-2/h12,15-16,25,29,31,33-34,45-47H,3-11,13-14,17-24,26-28,30,32,35-44,50H2,1-2H3,(H,53,54)/b16-15-,25-12-,33-29-,34-31-/t45-,46?,47?/m1/s1. The van der Waals surface area contributed by atoms with Crippen LogP contribution in [0.3, 0.4) is 0 Å². The van der Waals surface area contributed by atoms with E-state index in [2.05, 4.69) is 62.5 Å². The fraction of sp³-hybridized carbons (Fsp3) is 0.796. The van der Waals surface area contributed by atoms with Crippen molar-refractivity contribution in [3.63, 3.8) is 0 Å². The van der Waals surface area contributed by atoms with Crippen LogP contribution in [0.15, 0.2) is 48.6 Å². The molecule has 3 unspecified atom stereocenters. The lowest BCUT2D eigenvalue weighted by molar-refractivity contribution is -0.161. The van der Waals surface area contributed by atoms with Gasteiger partial charge >= 0.3 is 19.8 Å². The summed E-state index contributed by atoms with van der Waals surface area (Å²) in [5.41, 5.74) is 5.36. The van der Waals surface area contributed by atoms with Crippen molar-refractivity contribution in [1.82, 2.24) is 0 Å². The van der Waals surface area contributed by atoms with Crippen molar-refractivity contribution in [1.29, 1.82) is 0 Å². The first-order chi connectivity index (χ1) is 29.3. The summed E-state index contributed by atoms with van der Waals surface area (Å²) in [7, 11) is -4.40. The topological polar surface area (TPSA) is 147 Å². The highest BCUT2D eigenvalue weighted by Gasteiger charge is 2.36. The van der Waals surface area contributed by atoms with E-state index in [9.17, 15) is 19.0 Å². The van der Waals surface area contributed by atoms with Crippen molar-refractivity contribution in [2.24, 2.45) is 5.73 Å².